The van der Waals surface area contributed by atoms with Crippen LogP contribution in [0.15, 0.2) is 18.2 Å². The standard InChI is InChI=1S/C14H18F2N2O/c1-9-8-11(2-3-12(9)17)18-13(19)10-4-6-14(15,16)7-5-10/h2-3,8,10H,4-7,17H2,1H3,(H,18,19). The third-order valence-electron chi connectivity index (χ3n) is 3.63. The van der Waals surface area contributed by atoms with E-state index >= 15 is 0 Å². The van der Waals surface area contributed by atoms with Gasteiger partial charge in [-0.3, -0.25) is 4.79 Å². The first-order valence-electron chi connectivity index (χ1n) is 6.42. The Hall–Kier alpha value is -1.65. The maximum Gasteiger partial charge on any atom is 0.248 e. The molecule has 1 fully saturated rings. The van der Waals surface area contributed by atoms with Crippen molar-refractivity contribution in [2.24, 2.45) is 5.92 Å². The lowest BCUT2D eigenvalue weighted by molar-refractivity contribution is -0.124. The van der Waals surface area contributed by atoms with Gasteiger partial charge in [0.25, 0.3) is 0 Å². The minimum atomic E-state index is -2.60. The highest BCUT2D eigenvalue weighted by atomic mass is 19.3. The molecular formula is C14H18F2N2O. The van der Waals surface area contributed by atoms with Crippen molar-refractivity contribution in [3.05, 3.63) is 23.8 Å². The zero-order valence-electron chi connectivity index (χ0n) is 10.9. The van der Waals surface area contributed by atoms with Crippen LogP contribution in [0, 0.1) is 12.8 Å². The Kier molecular flexibility index (Phi) is 3.73. The Morgan fingerprint density at radius 2 is 2.00 bits per heavy atom. The number of alkyl halides is 2. The third-order valence-corrected chi connectivity index (χ3v) is 3.63. The molecule has 0 aliphatic heterocycles. The van der Waals surface area contributed by atoms with Crippen LogP contribution in [0.5, 0.6) is 0 Å². The lowest BCUT2D eigenvalue weighted by Crippen LogP contribution is -2.31. The van der Waals surface area contributed by atoms with Crippen molar-refractivity contribution in [2.45, 2.75) is 38.5 Å². The van der Waals surface area contributed by atoms with Crippen molar-refractivity contribution in [2.75, 3.05) is 11.1 Å². The molecule has 1 aromatic carbocycles. The summed E-state index contributed by atoms with van der Waals surface area (Å²) in [5, 5.41) is 2.77. The van der Waals surface area contributed by atoms with E-state index < -0.39 is 5.92 Å². The summed E-state index contributed by atoms with van der Waals surface area (Å²) in [7, 11) is 0. The quantitative estimate of drug-likeness (QED) is 0.808. The third kappa shape index (κ3) is 3.43. The summed E-state index contributed by atoms with van der Waals surface area (Å²) in [6.07, 6.45) is 0.0806. The van der Waals surface area contributed by atoms with E-state index in [1.165, 1.54) is 0 Å². The second-order valence-corrected chi connectivity index (χ2v) is 5.19. The molecule has 104 valence electrons. The highest BCUT2D eigenvalue weighted by molar-refractivity contribution is 5.92. The summed E-state index contributed by atoms with van der Waals surface area (Å²) in [6, 6.07) is 5.22. The number of nitrogens with one attached hydrogen (secondary N) is 1. The van der Waals surface area contributed by atoms with Gasteiger partial charge in [0.05, 0.1) is 0 Å². The molecule has 19 heavy (non-hydrogen) atoms. The average Bonchev–Trinajstić information content (AvgIpc) is 2.33. The van der Waals surface area contributed by atoms with Crippen molar-refractivity contribution >= 4 is 17.3 Å². The molecule has 0 spiro atoms. The van der Waals surface area contributed by atoms with Gasteiger partial charge in [-0.05, 0) is 43.5 Å². The first-order valence-corrected chi connectivity index (χ1v) is 6.42. The average molecular weight is 268 g/mol. The van der Waals surface area contributed by atoms with Gasteiger partial charge in [0.2, 0.25) is 11.8 Å². The van der Waals surface area contributed by atoms with Gasteiger partial charge in [0, 0.05) is 30.1 Å². The first-order chi connectivity index (χ1) is 8.87. The normalized spacial score (nSPS) is 19.1. The predicted molar refractivity (Wildman–Crippen MR) is 71.1 cm³/mol. The summed E-state index contributed by atoms with van der Waals surface area (Å²) in [6.45, 7) is 1.85. The van der Waals surface area contributed by atoms with E-state index in [4.69, 9.17) is 5.73 Å². The van der Waals surface area contributed by atoms with E-state index in [1.54, 1.807) is 18.2 Å². The number of hydrogen-bond acceptors (Lipinski definition) is 2. The molecule has 0 heterocycles. The molecule has 3 N–H and O–H groups in total. The Morgan fingerprint density at radius 1 is 1.37 bits per heavy atom. The molecule has 1 amide bonds. The van der Waals surface area contributed by atoms with Crippen LogP contribution in [0.2, 0.25) is 0 Å². The maximum atomic E-state index is 13.0. The largest absolute Gasteiger partial charge is 0.399 e. The van der Waals surface area contributed by atoms with Crippen LogP contribution in [-0.2, 0) is 4.79 Å². The Morgan fingerprint density at radius 3 is 2.58 bits per heavy atom. The number of carbonyl (C=O) groups is 1. The highest BCUT2D eigenvalue weighted by Crippen LogP contribution is 2.36. The fourth-order valence-electron chi connectivity index (χ4n) is 2.30. The minimum absolute atomic E-state index is 0.181. The van der Waals surface area contributed by atoms with Crippen molar-refractivity contribution < 1.29 is 13.6 Å². The fourth-order valence-corrected chi connectivity index (χ4v) is 2.30. The minimum Gasteiger partial charge on any atom is -0.399 e. The zero-order valence-corrected chi connectivity index (χ0v) is 10.9. The topological polar surface area (TPSA) is 55.1 Å². The molecule has 5 heteroatoms. The zero-order chi connectivity index (χ0) is 14.0. The molecule has 1 aliphatic rings. The highest BCUT2D eigenvalue weighted by Gasteiger charge is 2.37. The molecule has 3 nitrogen and oxygen atoms in total. The fraction of sp³-hybridized carbons (Fsp3) is 0.500. The van der Waals surface area contributed by atoms with E-state index in [2.05, 4.69) is 5.32 Å². The molecule has 0 radical (unpaired) electrons. The number of nitrogens with two attached hydrogens (primary N) is 1. The van der Waals surface area contributed by atoms with Gasteiger partial charge in [0.1, 0.15) is 0 Å². The van der Waals surface area contributed by atoms with Gasteiger partial charge < -0.3 is 11.1 Å². The summed E-state index contributed by atoms with van der Waals surface area (Å²) in [5.41, 5.74) is 7.90. The maximum absolute atomic E-state index is 13.0. The van der Waals surface area contributed by atoms with E-state index in [0.717, 1.165) is 5.56 Å². The molecule has 0 unspecified atom stereocenters. The molecule has 0 atom stereocenters. The van der Waals surface area contributed by atoms with Crippen LogP contribution in [-0.4, -0.2) is 11.8 Å². The summed E-state index contributed by atoms with van der Waals surface area (Å²) in [5.74, 6) is -3.11. The van der Waals surface area contributed by atoms with Gasteiger partial charge >= 0.3 is 0 Å². The van der Waals surface area contributed by atoms with Crippen molar-refractivity contribution in [1.82, 2.24) is 0 Å². The monoisotopic (exact) mass is 268 g/mol. The van der Waals surface area contributed by atoms with Gasteiger partial charge in [-0.1, -0.05) is 0 Å². The van der Waals surface area contributed by atoms with Crippen molar-refractivity contribution in [1.29, 1.82) is 0 Å². The van der Waals surface area contributed by atoms with E-state index in [1.807, 2.05) is 6.92 Å². The number of anilines is 2. The molecule has 2 rings (SSSR count). The van der Waals surface area contributed by atoms with Gasteiger partial charge in [-0.15, -0.1) is 0 Å². The van der Waals surface area contributed by atoms with E-state index in [-0.39, 0.29) is 37.5 Å². The van der Waals surface area contributed by atoms with Crippen molar-refractivity contribution in [3.63, 3.8) is 0 Å². The van der Waals surface area contributed by atoms with Crippen LogP contribution < -0.4 is 11.1 Å². The molecular weight excluding hydrogens is 250 g/mol. The number of carbonyl (C=O) groups excluding carboxylic acids is 1. The molecule has 1 aliphatic carbocycles. The SMILES string of the molecule is Cc1cc(NC(=O)C2CCC(F)(F)CC2)ccc1N. The molecule has 0 bridgehead atoms. The van der Waals surface area contributed by atoms with E-state index in [0.29, 0.717) is 11.4 Å². The van der Waals surface area contributed by atoms with Crippen LogP contribution in [0.1, 0.15) is 31.2 Å². The van der Waals surface area contributed by atoms with Gasteiger partial charge in [0.15, 0.2) is 0 Å². The molecule has 0 aromatic heterocycles. The predicted octanol–water partition coefficient (Wildman–Crippen LogP) is 3.34. The van der Waals surface area contributed by atoms with E-state index in [9.17, 15) is 13.6 Å². The number of hydrogen-bond donors (Lipinski definition) is 2. The smallest absolute Gasteiger partial charge is 0.248 e. The molecule has 0 saturated heterocycles. The number of nitrogen functional groups attached to an aromatic ring is 1. The lowest BCUT2D eigenvalue weighted by atomic mass is 9.86. The Labute approximate surface area is 111 Å². The number of halogens is 2. The van der Waals surface area contributed by atoms with Crippen LogP contribution in [0.3, 0.4) is 0 Å². The van der Waals surface area contributed by atoms with Gasteiger partial charge in [-0.25, -0.2) is 8.78 Å². The first kappa shape index (κ1) is 13.8. The number of benzene rings is 1. The number of aryl methyl sites for hydroxylation is 1. The van der Waals surface area contributed by atoms with Crippen LogP contribution >= 0.6 is 0 Å². The number of amides is 1. The number of rotatable bonds is 2. The van der Waals surface area contributed by atoms with Crippen LogP contribution in [0.4, 0.5) is 20.2 Å². The Balaban J connectivity index is 1.96. The summed E-state index contributed by atoms with van der Waals surface area (Å²) >= 11 is 0. The summed E-state index contributed by atoms with van der Waals surface area (Å²) < 4.78 is 26.0. The second kappa shape index (κ2) is 5.15. The Bertz CT molecular complexity index is 478. The van der Waals surface area contributed by atoms with Gasteiger partial charge in [-0.2, -0.15) is 0 Å². The summed E-state index contributed by atoms with van der Waals surface area (Å²) in [4.78, 5) is 12.0. The molecule has 1 aromatic rings. The van der Waals surface area contributed by atoms with Crippen molar-refractivity contribution in [3.8, 4) is 0 Å². The van der Waals surface area contributed by atoms with Crippen LogP contribution in [0.25, 0.3) is 0 Å². The second-order valence-electron chi connectivity index (χ2n) is 5.19. The lowest BCUT2D eigenvalue weighted by Gasteiger charge is -2.27. The molecule has 1 saturated carbocycles.